The number of aryl methyl sites for hydroxylation is 1. The average molecular weight is 672 g/mol. The third kappa shape index (κ3) is 6.54. The summed E-state index contributed by atoms with van der Waals surface area (Å²) in [7, 11) is -3.57. The number of sulfonamides is 1. The molecule has 0 amide bonds. The monoisotopic (exact) mass is 671 g/mol. The minimum atomic E-state index is -3.57. The van der Waals surface area contributed by atoms with Gasteiger partial charge in [0.25, 0.3) is 0 Å². The van der Waals surface area contributed by atoms with Crippen LogP contribution in [-0.4, -0.2) is 60.4 Å². The van der Waals surface area contributed by atoms with Crippen LogP contribution in [0.25, 0.3) is 11.8 Å². The number of halogens is 1. The fourth-order valence-corrected chi connectivity index (χ4v) is 7.18. The van der Waals surface area contributed by atoms with Gasteiger partial charge in [-0.2, -0.15) is 5.10 Å². The fourth-order valence-electron chi connectivity index (χ4n) is 6.62. The number of nitrogens with zero attached hydrogens (tertiary/aromatic N) is 3. The number of piperidine rings is 1. The number of nitrogens with one attached hydrogen (secondary N) is 1. The summed E-state index contributed by atoms with van der Waals surface area (Å²) in [6.45, 7) is 3.76. The van der Waals surface area contributed by atoms with Crippen LogP contribution in [0.3, 0.4) is 0 Å². The zero-order valence-electron chi connectivity index (χ0n) is 26.9. The summed E-state index contributed by atoms with van der Waals surface area (Å²) in [5.41, 5.74) is 10.6. The Balaban J connectivity index is 1.09. The first-order valence-corrected chi connectivity index (χ1v) is 18.1. The molecule has 0 unspecified atom stereocenters. The molecule has 1 saturated carbocycles. The molecule has 3 aromatic carbocycles. The Kier molecular flexibility index (Phi) is 8.46. The maximum absolute atomic E-state index is 14.1. The van der Waals surface area contributed by atoms with Crippen LogP contribution < -0.4 is 19.9 Å². The number of aromatic nitrogens is 2. The number of hydrogen-bond acceptors (Lipinski definition) is 8. The van der Waals surface area contributed by atoms with Crippen LogP contribution in [-0.2, 0) is 16.4 Å². The standard InChI is InChI=1S/C36H38FN5O5S/c1-22-16-27(10-11-32(22)47-33-9-4-3-8-30(33)37)42-36(38)29(21-39-42)35(43)25-17-23-19-31(40-48(2,44)45)34(20-24(23)18-25)46-28-12-14-41(15-13-28)26-6-5-7-26/h3-4,8-11,16,18-21,26,28,40H,5-7,12-15,17,38H2,1-2H3. The molecule has 4 aromatic rings. The first-order valence-electron chi connectivity index (χ1n) is 16.2. The number of ketones is 1. The fraction of sp³-hybridized carbons (Fsp3) is 0.333. The number of para-hydroxylation sites is 1. The van der Waals surface area contributed by atoms with Crippen molar-refractivity contribution in [3.63, 3.8) is 0 Å². The lowest BCUT2D eigenvalue weighted by Crippen LogP contribution is -2.46. The van der Waals surface area contributed by atoms with Gasteiger partial charge in [-0.3, -0.25) is 9.52 Å². The van der Waals surface area contributed by atoms with Crippen LogP contribution in [0, 0.1) is 12.7 Å². The van der Waals surface area contributed by atoms with Gasteiger partial charge in [0.1, 0.15) is 23.4 Å². The van der Waals surface area contributed by atoms with Gasteiger partial charge in [0.15, 0.2) is 17.3 Å². The lowest BCUT2D eigenvalue weighted by molar-refractivity contribution is 0.0496. The van der Waals surface area contributed by atoms with E-state index in [1.807, 2.05) is 19.1 Å². The quantitative estimate of drug-likeness (QED) is 0.189. The van der Waals surface area contributed by atoms with E-state index < -0.39 is 15.8 Å². The molecule has 3 N–H and O–H groups in total. The number of rotatable bonds is 10. The number of nitrogen functional groups attached to an aromatic ring is 1. The normalized spacial score (nSPS) is 17.0. The molecular weight excluding hydrogens is 633 g/mol. The van der Waals surface area contributed by atoms with Crippen LogP contribution in [0.15, 0.2) is 66.4 Å². The SMILES string of the molecule is Cc1cc(-n2ncc(C(=O)C3=Cc4cc(OC5CCN(C6CCC6)CC5)c(NS(C)(=O)=O)cc4C3)c2N)ccc1Oc1ccccc1F. The van der Waals surface area contributed by atoms with Gasteiger partial charge in [-0.25, -0.2) is 17.5 Å². The van der Waals surface area contributed by atoms with Crippen LogP contribution in [0.4, 0.5) is 15.9 Å². The highest BCUT2D eigenvalue weighted by Gasteiger charge is 2.31. The highest BCUT2D eigenvalue weighted by atomic mass is 32.2. The molecule has 0 spiro atoms. The molecule has 48 heavy (non-hydrogen) atoms. The summed E-state index contributed by atoms with van der Waals surface area (Å²) in [5, 5.41) is 4.40. The van der Waals surface area contributed by atoms with Gasteiger partial charge in [0, 0.05) is 31.1 Å². The van der Waals surface area contributed by atoms with Gasteiger partial charge in [-0.1, -0.05) is 18.6 Å². The number of ether oxygens (including phenoxy) is 2. The number of anilines is 2. The number of Topliss-reactive ketones (excluding diaryl/α,β-unsaturated/α-hetero) is 1. The van der Waals surface area contributed by atoms with Gasteiger partial charge < -0.3 is 20.1 Å². The Morgan fingerprint density at radius 1 is 1.02 bits per heavy atom. The summed E-state index contributed by atoms with van der Waals surface area (Å²) in [4.78, 5) is 16.3. The molecule has 1 aliphatic heterocycles. The second kappa shape index (κ2) is 12.7. The number of carbonyl (C=O) groups excluding carboxylic acids is 1. The van der Waals surface area contributed by atoms with Gasteiger partial charge in [0.2, 0.25) is 10.0 Å². The van der Waals surface area contributed by atoms with Crippen molar-refractivity contribution in [2.45, 2.75) is 57.6 Å². The second-order valence-electron chi connectivity index (χ2n) is 12.9. The molecule has 3 aliphatic rings. The number of likely N-dealkylation sites (tertiary alicyclic amines) is 1. The number of allylic oxidation sites excluding steroid dienone is 1. The largest absolute Gasteiger partial charge is 0.488 e. The van der Waals surface area contributed by atoms with Crippen molar-refractivity contribution in [3.8, 4) is 22.9 Å². The minimum Gasteiger partial charge on any atom is -0.488 e. The lowest BCUT2D eigenvalue weighted by atomic mass is 9.90. The van der Waals surface area contributed by atoms with E-state index in [9.17, 15) is 17.6 Å². The molecule has 12 heteroatoms. The van der Waals surface area contributed by atoms with E-state index >= 15 is 0 Å². The Bertz CT molecular complexity index is 2030. The molecule has 2 fully saturated rings. The van der Waals surface area contributed by atoms with Gasteiger partial charge in [-0.15, -0.1) is 0 Å². The topological polar surface area (TPSA) is 129 Å². The number of fused-ring (bicyclic) bond motifs is 1. The number of hydrogen-bond donors (Lipinski definition) is 2. The molecule has 0 bridgehead atoms. The molecule has 2 heterocycles. The number of benzene rings is 3. The van der Waals surface area contributed by atoms with E-state index in [0.29, 0.717) is 40.9 Å². The zero-order valence-corrected chi connectivity index (χ0v) is 27.7. The molecule has 1 saturated heterocycles. The van der Waals surface area contributed by atoms with Crippen LogP contribution in [0.1, 0.15) is 59.2 Å². The maximum Gasteiger partial charge on any atom is 0.229 e. The Labute approximate surface area is 279 Å². The van der Waals surface area contributed by atoms with E-state index in [0.717, 1.165) is 48.9 Å². The average Bonchev–Trinajstić information content (AvgIpc) is 3.61. The summed E-state index contributed by atoms with van der Waals surface area (Å²) in [6.07, 6.45) is 10.2. The maximum atomic E-state index is 14.1. The van der Waals surface area contributed by atoms with Crippen molar-refractivity contribution in [1.82, 2.24) is 14.7 Å². The van der Waals surface area contributed by atoms with Crippen molar-refractivity contribution in [2.24, 2.45) is 0 Å². The molecule has 1 aromatic heterocycles. The van der Waals surface area contributed by atoms with E-state index in [4.69, 9.17) is 15.2 Å². The summed E-state index contributed by atoms with van der Waals surface area (Å²) >= 11 is 0. The highest BCUT2D eigenvalue weighted by Crippen LogP contribution is 2.38. The van der Waals surface area contributed by atoms with Crippen LogP contribution in [0.5, 0.6) is 17.2 Å². The van der Waals surface area contributed by atoms with Crippen molar-refractivity contribution >= 4 is 33.4 Å². The molecular formula is C36H38FN5O5S. The smallest absolute Gasteiger partial charge is 0.229 e. The first kappa shape index (κ1) is 31.9. The molecule has 2 aliphatic carbocycles. The Morgan fingerprint density at radius 2 is 1.79 bits per heavy atom. The van der Waals surface area contributed by atoms with Crippen LogP contribution >= 0.6 is 0 Å². The van der Waals surface area contributed by atoms with Crippen molar-refractivity contribution in [2.75, 3.05) is 29.8 Å². The van der Waals surface area contributed by atoms with E-state index in [2.05, 4.69) is 14.7 Å². The third-order valence-corrected chi connectivity index (χ3v) is 10.0. The molecule has 0 radical (unpaired) electrons. The van der Waals surface area contributed by atoms with E-state index in [1.165, 1.54) is 36.2 Å². The number of nitrogens with two attached hydrogens (primary N) is 1. The van der Waals surface area contributed by atoms with Gasteiger partial charge in [0.05, 0.1) is 29.4 Å². The molecule has 0 atom stereocenters. The molecule has 250 valence electrons. The molecule has 7 rings (SSSR count). The van der Waals surface area contributed by atoms with Crippen molar-refractivity contribution in [3.05, 3.63) is 94.4 Å². The highest BCUT2D eigenvalue weighted by molar-refractivity contribution is 7.92. The van der Waals surface area contributed by atoms with Crippen molar-refractivity contribution < 1.29 is 27.1 Å². The summed E-state index contributed by atoms with van der Waals surface area (Å²) in [5.74, 6) is 0.497. The van der Waals surface area contributed by atoms with E-state index in [1.54, 1.807) is 42.5 Å². The van der Waals surface area contributed by atoms with Gasteiger partial charge in [-0.05, 0) is 97.8 Å². The van der Waals surface area contributed by atoms with Gasteiger partial charge >= 0.3 is 0 Å². The third-order valence-electron chi connectivity index (χ3n) is 9.41. The first-order chi connectivity index (χ1) is 23.0. The lowest BCUT2D eigenvalue weighted by Gasteiger charge is -2.41. The summed E-state index contributed by atoms with van der Waals surface area (Å²) < 4.78 is 54.9. The Morgan fingerprint density at radius 3 is 2.48 bits per heavy atom. The minimum absolute atomic E-state index is 0.0274. The van der Waals surface area contributed by atoms with Crippen molar-refractivity contribution in [1.29, 1.82) is 0 Å². The summed E-state index contributed by atoms with van der Waals surface area (Å²) in [6, 6.07) is 15.7. The number of carbonyl (C=O) groups is 1. The second-order valence-corrected chi connectivity index (χ2v) is 14.6. The Hall–Kier alpha value is -4.68. The zero-order chi connectivity index (χ0) is 33.6. The molecule has 10 nitrogen and oxygen atoms in total. The van der Waals surface area contributed by atoms with Crippen LogP contribution in [0.2, 0.25) is 0 Å². The van der Waals surface area contributed by atoms with E-state index in [-0.39, 0.29) is 29.0 Å². The predicted octanol–water partition coefficient (Wildman–Crippen LogP) is 6.28. The predicted molar refractivity (Wildman–Crippen MR) is 183 cm³/mol.